The Morgan fingerprint density at radius 1 is 1.00 bits per heavy atom. The van der Waals surface area contributed by atoms with Gasteiger partial charge in [0.2, 0.25) is 8.38 Å². The van der Waals surface area contributed by atoms with Gasteiger partial charge in [-0.15, -0.1) is 0 Å². The molecule has 2 aromatic carbocycles. The van der Waals surface area contributed by atoms with Crippen LogP contribution in [0.2, 0.25) is 0 Å². The highest BCUT2D eigenvalue weighted by Gasteiger charge is 2.40. The molecular formula is C30H46O6P2. The molecule has 0 aromatic heterocycles. The molecule has 1 aliphatic heterocycles. The Labute approximate surface area is 232 Å². The van der Waals surface area contributed by atoms with Gasteiger partial charge in [-0.2, -0.15) is 0 Å². The Kier molecular flexibility index (Phi) is 11.8. The van der Waals surface area contributed by atoms with Crippen molar-refractivity contribution in [3.8, 4) is 11.5 Å². The highest BCUT2D eigenvalue weighted by molar-refractivity contribution is 7.46. The first-order valence-electron chi connectivity index (χ1n) is 13.7. The first-order valence-corrected chi connectivity index (χ1v) is 16.4. The van der Waals surface area contributed by atoms with Crippen LogP contribution in [-0.2, 0) is 20.0 Å². The molecule has 38 heavy (non-hydrogen) atoms. The minimum absolute atomic E-state index is 0.105. The van der Waals surface area contributed by atoms with E-state index >= 15 is 0 Å². The SMILES string of the molecule is CCCCc1cc(C)cc(C)c1OP1OCC(CO)(COP(C)Oc2c(C)cc(C)cc2C(C)CC)CO1. The zero-order valence-corrected chi connectivity index (χ0v) is 26.2. The zero-order valence-electron chi connectivity index (χ0n) is 24.4. The second-order valence-corrected chi connectivity index (χ2v) is 13.3. The third-order valence-electron chi connectivity index (χ3n) is 7.11. The molecular weight excluding hydrogens is 518 g/mol. The maximum absolute atomic E-state index is 10.3. The molecule has 2 atom stereocenters. The van der Waals surface area contributed by atoms with E-state index in [1.807, 2.05) is 6.66 Å². The molecule has 0 saturated carbocycles. The molecule has 1 N–H and O–H groups in total. The lowest BCUT2D eigenvalue weighted by Gasteiger charge is -2.37. The van der Waals surface area contributed by atoms with Gasteiger partial charge in [0.1, 0.15) is 11.5 Å². The van der Waals surface area contributed by atoms with E-state index in [1.165, 1.54) is 22.3 Å². The van der Waals surface area contributed by atoms with Gasteiger partial charge in [0.15, 0.2) is 0 Å². The van der Waals surface area contributed by atoms with Gasteiger partial charge < -0.3 is 27.7 Å². The first-order chi connectivity index (χ1) is 18.1. The second kappa shape index (κ2) is 14.4. The van der Waals surface area contributed by atoms with Crippen LogP contribution in [0.1, 0.15) is 79.3 Å². The molecule has 1 heterocycles. The molecule has 2 unspecified atom stereocenters. The average Bonchev–Trinajstić information content (AvgIpc) is 2.89. The monoisotopic (exact) mass is 564 g/mol. The van der Waals surface area contributed by atoms with Gasteiger partial charge in [-0.25, -0.2) is 0 Å². The van der Waals surface area contributed by atoms with E-state index in [1.54, 1.807) is 0 Å². The van der Waals surface area contributed by atoms with Gasteiger partial charge in [-0.05, 0) is 75.1 Å². The molecule has 0 radical (unpaired) electrons. The van der Waals surface area contributed by atoms with Gasteiger partial charge in [-0.3, -0.25) is 0 Å². The molecule has 1 fully saturated rings. The lowest BCUT2D eigenvalue weighted by Crippen LogP contribution is -2.42. The maximum atomic E-state index is 10.3. The van der Waals surface area contributed by atoms with E-state index in [-0.39, 0.29) is 13.2 Å². The summed E-state index contributed by atoms with van der Waals surface area (Å²) in [6.45, 7) is 17.7. The van der Waals surface area contributed by atoms with Crippen LogP contribution in [0.3, 0.4) is 0 Å². The number of aliphatic hydroxyl groups is 1. The highest BCUT2D eigenvalue weighted by atomic mass is 31.2. The van der Waals surface area contributed by atoms with E-state index in [4.69, 9.17) is 22.6 Å². The summed E-state index contributed by atoms with van der Waals surface area (Å²) in [4.78, 5) is 0. The number of aryl methyl sites for hydroxylation is 5. The third kappa shape index (κ3) is 8.13. The number of hydrogen-bond donors (Lipinski definition) is 1. The van der Waals surface area contributed by atoms with Crippen molar-refractivity contribution in [3.05, 3.63) is 57.6 Å². The van der Waals surface area contributed by atoms with E-state index < -0.39 is 22.4 Å². The number of unbranched alkanes of at least 4 members (excludes halogenated alkanes) is 1. The van der Waals surface area contributed by atoms with Gasteiger partial charge in [0, 0.05) is 6.66 Å². The van der Waals surface area contributed by atoms with E-state index in [0.717, 1.165) is 48.3 Å². The smallest absolute Gasteiger partial charge is 0.397 e. The minimum Gasteiger partial charge on any atom is -0.447 e. The van der Waals surface area contributed by atoms with Crippen molar-refractivity contribution in [2.45, 2.75) is 80.1 Å². The van der Waals surface area contributed by atoms with Crippen LogP contribution in [0.5, 0.6) is 11.5 Å². The molecule has 6 nitrogen and oxygen atoms in total. The van der Waals surface area contributed by atoms with Crippen LogP contribution in [0.25, 0.3) is 0 Å². The normalized spacial score (nSPS) is 21.2. The topological polar surface area (TPSA) is 66.4 Å². The van der Waals surface area contributed by atoms with Crippen molar-refractivity contribution in [1.82, 2.24) is 0 Å². The van der Waals surface area contributed by atoms with E-state index in [0.29, 0.717) is 19.1 Å². The molecule has 0 bridgehead atoms. The number of rotatable bonds is 13. The van der Waals surface area contributed by atoms with Gasteiger partial charge in [0.05, 0.1) is 31.8 Å². The molecule has 1 saturated heterocycles. The summed E-state index contributed by atoms with van der Waals surface area (Å²) < 4.78 is 30.8. The van der Waals surface area contributed by atoms with E-state index in [2.05, 4.69) is 72.7 Å². The first kappa shape index (κ1) is 31.3. The zero-order chi connectivity index (χ0) is 27.9. The van der Waals surface area contributed by atoms with Crippen molar-refractivity contribution in [3.63, 3.8) is 0 Å². The lowest BCUT2D eigenvalue weighted by atomic mass is 9.93. The van der Waals surface area contributed by atoms with Crippen LogP contribution in [0, 0.1) is 33.1 Å². The molecule has 212 valence electrons. The second-order valence-electron chi connectivity index (χ2n) is 10.8. The maximum Gasteiger partial charge on any atom is 0.397 e. The lowest BCUT2D eigenvalue weighted by molar-refractivity contribution is -0.0449. The number of aliphatic hydroxyl groups excluding tert-OH is 1. The number of hydrogen-bond acceptors (Lipinski definition) is 6. The Hall–Kier alpha value is -1.26. The summed E-state index contributed by atoms with van der Waals surface area (Å²) in [5, 5.41) is 10.3. The fourth-order valence-electron chi connectivity index (χ4n) is 4.61. The van der Waals surface area contributed by atoms with Crippen LogP contribution < -0.4 is 9.05 Å². The Bertz CT molecular complexity index is 1050. The quantitative estimate of drug-likeness (QED) is 0.246. The summed E-state index contributed by atoms with van der Waals surface area (Å²) in [5.74, 6) is 2.17. The Morgan fingerprint density at radius 3 is 2.24 bits per heavy atom. The average molecular weight is 565 g/mol. The minimum atomic E-state index is -1.55. The third-order valence-corrected chi connectivity index (χ3v) is 9.06. The summed E-state index contributed by atoms with van der Waals surface area (Å²) in [7, 11) is -2.76. The van der Waals surface area contributed by atoms with Crippen LogP contribution in [-0.4, -0.2) is 38.2 Å². The molecule has 0 spiro atoms. The predicted octanol–water partition coefficient (Wildman–Crippen LogP) is 8.44. The van der Waals surface area contributed by atoms with Crippen LogP contribution >= 0.6 is 17.0 Å². The Morgan fingerprint density at radius 2 is 1.63 bits per heavy atom. The van der Waals surface area contributed by atoms with Crippen molar-refractivity contribution >= 4 is 17.0 Å². The summed E-state index contributed by atoms with van der Waals surface area (Å²) in [6, 6.07) is 8.68. The molecule has 0 aliphatic carbocycles. The molecule has 0 amide bonds. The van der Waals surface area contributed by atoms with Gasteiger partial charge in [-0.1, -0.05) is 62.6 Å². The highest BCUT2D eigenvalue weighted by Crippen LogP contribution is 2.50. The van der Waals surface area contributed by atoms with Crippen molar-refractivity contribution in [1.29, 1.82) is 0 Å². The Balaban J connectivity index is 1.61. The molecule has 1 aliphatic rings. The summed E-state index contributed by atoms with van der Waals surface area (Å²) in [5.41, 5.74) is 6.43. The van der Waals surface area contributed by atoms with Gasteiger partial charge >= 0.3 is 8.60 Å². The number of benzene rings is 2. The van der Waals surface area contributed by atoms with Gasteiger partial charge in [0.25, 0.3) is 0 Å². The van der Waals surface area contributed by atoms with Crippen molar-refractivity contribution < 1.29 is 27.7 Å². The summed E-state index contributed by atoms with van der Waals surface area (Å²) in [6.07, 6.45) is 4.23. The summed E-state index contributed by atoms with van der Waals surface area (Å²) >= 11 is 0. The largest absolute Gasteiger partial charge is 0.447 e. The molecule has 2 aromatic rings. The predicted molar refractivity (Wildman–Crippen MR) is 158 cm³/mol. The fraction of sp³-hybridized carbons (Fsp3) is 0.600. The fourth-order valence-corrected chi connectivity index (χ4v) is 6.98. The van der Waals surface area contributed by atoms with Crippen molar-refractivity contribution in [2.24, 2.45) is 5.41 Å². The van der Waals surface area contributed by atoms with E-state index in [9.17, 15) is 5.11 Å². The van der Waals surface area contributed by atoms with Crippen LogP contribution in [0.4, 0.5) is 0 Å². The van der Waals surface area contributed by atoms with Crippen LogP contribution in [0.15, 0.2) is 24.3 Å². The molecule has 8 heteroatoms. The van der Waals surface area contributed by atoms with Crippen molar-refractivity contribution in [2.75, 3.05) is 33.1 Å². The standard InChI is InChI=1S/C30H46O6P2/c1-9-11-12-26-15-21(3)13-24(6)28(26)36-38-33-19-30(17-31,20-34-38)18-32-37(8)35-29-25(7)14-22(4)16-27(29)23(5)10-2/h13-16,23,31H,9-12,17-20H2,1-8H3. The molecule has 3 rings (SSSR count).